The van der Waals surface area contributed by atoms with Crippen LogP contribution in [0.15, 0.2) is 30.3 Å². The molecule has 122 valence electrons. The maximum absolute atomic E-state index is 4.70. The molecule has 0 saturated carbocycles. The summed E-state index contributed by atoms with van der Waals surface area (Å²) in [7, 11) is 4.08. The Kier molecular flexibility index (Phi) is 4.65. The van der Waals surface area contributed by atoms with Crippen molar-refractivity contribution in [2.75, 3.05) is 42.3 Å². The highest BCUT2D eigenvalue weighted by Crippen LogP contribution is 2.22. The van der Waals surface area contributed by atoms with Crippen LogP contribution in [0.4, 0.5) is 23.1 Å². The predicted octanol–water partition coefficient (Wildman–Crippen LogP) is 3.58. The van der Waals surface area contributed by atoms with Crippen LogP contribution < -0.4 is 15.1 Å². The molecule has 1 N–H and O–H groups in total. The lowest BCUT2D eigenvalue weighted by atomic mass is 10.1. The molecule has 0 spiro atoms. The highest BCUT2D eigenvalue weighted by atomic mass is 15.2. The average Bonchev–Trinajstić information content (AvgIpc) is 2.55. The van der Waals surface area contributed by atoms with Gasteiger partial charge in [0, 0.05) is 50.3 Å². The molecular formula is C18H25N5. The van der Waals surface area contributed by atoms with Crippen molar-refractivity contribution < 1.29 is 0 Å². The van der Waals surface area contributed by atoms with Gasteiger partial charge in [-0.1, -0.05) is 0 Å². The van der Waals surface area contributed by atoms with Crippen molar-refractivity contribution in [3.8, 4) is 0 Å². The Morgan fingerprint density at radius 2 is 1.70 bits per heavy atom. The van der Waals surface area contributed by atoms with E-state index in [0.29, 0.717) is 5.95 Å². The Morgan fingerprint density at radius 3 is 2.35 bits per heavy atom. The number of nitrogens with one attached hydrogen (secondary N) is 1. The van der Waals surface area contributed by atoms with Crippen LogP contribution in [0.5, 0.6) is 0 Å². The quantitative estimate of drug-likeness (QED) is 0.935. The monoisotopic (exact) mass is 311 g/mol. The van der Waals surface area contributed by atoms with Gasteiger partial charge in [-0.05, 0) is 50.5 Å². The van der Waals surface area contributed by atoms with E-state index in [1.54, 1.807) is 0 Å². The molecule has 0 aliphatic carbocycles. The van der Waals surface area contributed by atoms with Crippen molar-refractivity contribution in [3.63, 3.8) is 0 Å². The topological polar surface area (TPSA) is 44.3 Å². The lowest BCUT2D eigenvalue weighted by Gasteiger charge is -2.28. The first-order chi connectivity index (χ1) is 11.1. The Bertz CT molecular complexity index is 645. The molecule has 0 amide bonds. The van der Waals surface area contributed by atoms with Gasteiger partial charge in [0.2, 0.25) is 5.95 Å². The van der Waals surface area contributed by atoms with Crippen molar-refractivity contribution in [2.45, 2.75) is 26.2 Å². The summed E-state index contributed by atoms with van der Waals surface area (Å²) in [5.74, 6) is 1.70. The number of piperidine rings is 1. The second-order valence-electron chi connectivity index (χ2n) is 6.31. The first kappa shape index (κ1) is 15.6. The van der Waals surface area contributed by atoms with Crippen LogP contribution in [0.25, 0.3) is 0 Å². The average molecular weight is 311 g/mol. The van der Waals surface area contributed by atoms with Gasteiger partial charge in [-0.2, -0.15) is 4.98 Å². The standard InChI is InChI=1S/C18H25N5/c1-14-13-17(23-11-5-4-6-12-23)21-18(19-14)20-15-7-9-16(10-8-15)22(2)3/h7-10,13H,4-6,11-12H2,1-3H3,(H,19,20,21). The molecule has 0 radical (unpaired) electrons. The molecule has 1 fully saturated rings. The number of aromatic nitrogens is 2. The molecule has 1 saturated heterocycles. The van der Waals surface area contributed by atoms with E-state index in [2.05, 4.69) is 50.4 Å². The zero-order valence-electron chi connectivity index (χ0n) is 14.2. The molecule has 0 bridgehead atoms. The summed E-state index contributed by atoms with van der Waals surface area (Å²) >= 11 is 0. The Balaban J connectivity index is 1.78. The molecule has 1 aliphatic rings. The van der Waals surface area contributed by atoms with E-state index in [0.717, 1.165) is 30.3 Å². The number of nitrogens with zero attached hydrogens (tertiary/aromatic N) is 4. The number of aryl methyl sites for hydroxylation is 1. The summed E-state index contributed by atoms with van der Waals surface area (Å²) in [4.78, 5) is 13.7. The second-order valence-corrected chi connectivity index (χ2v) is 6.31. The fourth-order valence-corrected chi connectivity index (χ4v) is 2.86. The number of anilines is 4. The molecule has 1 aromatic carbocycles. The van der Waals surface area contributed by atoms with Gasteiger partial charge >= 0.3 is 0 Å². The van der Waals surface area contributed by atoms with Gasteiger partial charge in [-0.15, -0.1) is 0 Å². The SMILES string of the molecule is Cc1cc(N2CCCCC2)nc(Nc2ccc(N(C)C)cc2)n1. The van der Waals surface area contributed by atoms with Gasteiger partial charge in [-0.25, -0.2) is 4.98 Å². The minimum atomic E-state index is 0.670. The van der Waals surface area contributed by atoms with E-state index >= 15 is 0 Å². The van der Waals surface area contributed by atoms with Gasteiger partial charge in [0.1, 0.15) is 5.82 Å². The summed E-state index contributed by atoms with van der Waals surface area (Å²) in [6, 6.07) is 10.4. The molecule has 2 heterocycles. The molecule has 23 heavy (non-hydrogen) atoms. The Hall–Kier alpha value is -2.30. The number of rotatable bonds is 4. The van der Waals surface area contributed by atoms with Gasteiger partial charge in [-0.3, -0.25) is 0 Å². The first-order valence-corrected chi connectivity index (χ1v) is 8.27. The largest absolute Gasteiger partial charge is 0.378 e. The highest BCUT2D eigenvalue weighted by molar-refractivity contribution is 5.60. The minimum Gasteiger partial charge on any atom is -0.378 e. The van der Waals surface area contributed by atoms with E-state index < -0.39 is 0 Å². The normalized spacial score (nSPS) is 14.7. The van der Waals surface area contributed by atoms with E-state index in [-0.39, 0.29) is 0 Å². The summed E-state index contributed by atoms with van der Waals surface area (Å²) in [6.07, 6.45) is 3.82. The number of hydrogen-bond acceptors (Lipinski definition) is 5. The zero-order chi connectivity index (χ0) is 16.2. The number of hydrogen-bond donors (Lipinski definition) is 1. The maximum Gasteiger partial charge on any atom is 0.229 e. The van der Waals surface area contributed by atoms with Crippen molar-refractivity contribution >= 4 is 23.1 Å². The lowest BCUT2D eigenvalue weighted by molar-refractivity contribution is 0.573. The van der Waals surface area contributed by atoms with Crippen LogP contribution in [0, 0.1) is 6.92 Å². The molecular weight excluding hydrogens is 286 g/mol. The predicted molar refractivity (Wildman–Crippen MR) is 96.9 cm³/mol. The summed E-state index contributed by atoms with van der Waals surface area (Å²) in [6.45, 7) is 4.20. The van der Waals surface area contributed by atoms with Crippen LogP contribution in [-0.2, 0) is 0 Å². The highest BCUT2D eigenvalue weighted by Gasteiger charge is 2.14. The molecule has 0 atom stereocenters. The van der Waals surface area contributed by atoms with Gasteiger partial charge in [0.15, 0.2) is 0 Å². The molecule has 2 aromatic rings. The molecule has 1 aliphatic heterocycles. The third-order valence-electron chi connectivity index (χ3n) is 4.16. The fourth-order valence-electron chi connectivity index (χ4n) is 2.86. The first-order valence-electron chi connectivity index (χ1n) is 8.27. The zero-order valence-corrected chi connectivity index (χ0v) is 14.2. The summed E-state index contributed by atoms with van der Waals surface area (Å²) in [5.41, 5.74) is 3.17. The van der Waals surface area contributed by atoms with E-state index in [9.17, 15) is 0 Å². The third-order valence-corrected chi connectivity index (χ3v) is 4.16. The fraction of sp³-hybridized carbons (Fsp3) is 0.444. The molecule has 3 rings (SSSR count). The van der Waals surface area contributed by atoms with E-state index in [1.165, 1.54) is 24.9 Å². The second kappa shape index (κ2) is 6.86. The van der Waals surface area contributed by atoms with Crippen LogP contribution >= 0.6 is 0 Å². The smallest absolute Gasteiger partial charge is 0.229 e. The van der Waals surface area contributed by atoms with Gasteiger partial charge in [0.25, 0.3) is 0 Å². The lowest BCUT2D eigenvalue weighted by Crippen LogP contribution is -2.30. The van der Waals surface area contributed by atoms with E-state index in [1.807, 2.05) is 21.0 Å². The van der Waals surface area contributed by atoms with Gasteiger partial charge in [0.05, 0.1) is 0 Å². The van der Waals surface area contributed by atoms with Gasteiger partial charge < -0.3 is 15.1 Å². The van der Waals surface area contributed by atoms with Crippen molar-refractivity contribution in [1.29, 1.82) is 0 Å². The van der Waals surface area contributed by atoms with Crippen LogP contribution in [0.1, 0.15) is 25.0 Å². The van der Waals surface area contributed by atoms with Crippen molar-refractivity contribution in [2.24, 2.45) is 0 Å². The van der Waals surface area contributed by atoms with E-state index in [4.69, 9.17) is 4.98 Å². The molecule has 5 nitrogen and oxygen atoms in total. The summed E-state index contributed by atoms with van der Waals surface area (Å²) in [5, 5.41) is 3.32. The Morgan fingerprint density at radius 1 is 1.00 bits per heavy atom. The minimum absolute atomic E-state index is 0.670. The van der Waals surface area contributed by atoms with Crippen molar-refractivity contribution in [3.05, 3.63) is 36.0 Å². The van der Waals surface area contributed by atoms with Crippen LogP contribution in [-0.4, -0.2) is 37.2 Å². The van der Waals surface area contributed by atoms with Crippen LogP contribution in [0.2, 0.25) is 0 Å². The third kappa shape index (κ3) is 3.92. The molecule has 1 aromatic heterocycles. The number of benzene rings is 1. The summed E-state index contributed by atoms with van der Waals surface area (Å²) < 4.78 is 0. The molecule has 5 heteroatoms. The van der Waals surface area contributed by atoms with Crippen molar-refractivity contribution in [1.82, 2.24) is 9.97 Å². The molecule has 0 unspecified atom stereocenters. The van der Waals surface area contributed by atoms with Crippen LogP contribution in [0.3, 0.4) is 0 Å². The Labute approximate surface area is 138 Å². The maximum atomic E-state index is 4.70.